The molecule has 2 aliphatic heterocycles. The zero-order chi connectivity index (χ0) is 12.4. The molecule has 1 aromatic carbocycles. The Morgan fingerprint density at radius 2 is 1.94 bits per heavy atom. The Morgan fingerprint density at radius 1 is 1.17 bits per heavy atom. The molecule has 18 heavy (non-hydrogen) atoms. The molecule has 1 aromatic rings. The lowest BCUT2D eigenvalue weighted by Gasteiger charge is -2.28. The van der Waals surface area contributed by atoms with Crippen LogP contribution in [0.15, 0.2) is 24.3 Å². The van der Waals surface area contributed by atoms with E-state index < -0.39 is 0 Å². The van der Waals surface area contributed by atoms with Gasteiger partial charge < -0.3 is 9.64 Å². The first-order valence-corrected chi connectivity index (χ1v) is 6.53. The third-order valence-corrected chi connectivity index (χ3v) is 3.65. The van der Waals surface area contributed by atoms with Crippen LogP contribution >= 0.6 is 0 Å². The summed E-state index contributed by atoms with van der Waals surface area (Å²) in [7, 11) is 0. The van der Waals surface area contributed by atoms with Gasteiger partial charge in [-0.3, -0.25) is 9.69 Å². The molecule has 2 heterocycles. The quantitative estimate of drug-likeness (QED) is 0.777. The molecule has 0 radical (unpaired) electrons. The van der Waals surface area contributed by atoms with Gasteiger partial charge in [0.1, 0.15) is 0 Å². The van der Waals surface area contributed by atoms with Gasteiger partial charge in [-0.05, 0) is 18.1 Å². The van der Waals surface area contributed by atoms with Crippen molar-refractivity contribution in [2.45, 2.75) is 6.42 Å². The molecule has 1 fully saturated rings. The summed E-state index contributed by atoms with van der Waals surface area (Å²) in [6, 6.07) is 8.19. The topological polar surface area (TPSA) is 32.8 Å². The van der Waals surface area contributed by atoms with Crippen LogP contribution in [0.4, 0.5) is 5.69 Å². The van der Waals surface area contributed by atoms with Gasteiger partial charge in [0.2, 0.25) is 5.91 Å². The molecular formula is C14H18N2O2. The predicted octanol–water partition coefficient (Wildman–Crippen LogP) is 0.908. The van der Waals surface area contributed by atoms with E-state index in [0.29, 0.717) is 6.54 Å². The highest BCUT2D eigenvalue weighted by Crippen LogP contribution is 2.27. The number of carbonyl (C=O) groups is 1. The largest absolute Gasteiger partial charge is 0.379 e. The van der Waals surface area contributed by atoms with Crippen LogP contribution in [0.3, 0.4) is 0 Å². The number of para-hydroxylation sites is 1. The Balaban J connectivity index is 1.67. The minimum Gasteiger partial charge on any atom is -0.379 e. The molecule has 0 bridgehead atoms. The number of ether oxygens (including phenoxy) is 1. The average molecular weight is 246 g/mol. The molecule has 3 rings (SSSR count). The second-order valence-electron chi connectivity index (χ2n) is 4.81. The lowest BCUT2D eigenvalue weighted by Crippen LogP contribution is -2.44. The highest BCUT2D eigenvalue weighted by molar-refractivity contribution is 5.96. The van der Waals surface area contributed by atoms with E-state index in [1.807, 2.05) is 23.1 Å². The van der Waals surface area contributed by atoms with E-state index in [1.165, 1.54) is 5.56 Å². The Kier molecular flexibility index (Phi) is 3.30. The summed E-state index contributed by atoms with van der Waals surface area (Å²) in [4.78, 5) is 16.4. The van der Waals surface area contributed by atoms with Crippen molar-refractivity contribution < 1.29 is 9.53 Å². The fourth-order valence-electron chi connectivity index (χ4n) is 2.63. The minimum atomic E-state index is 0.210. The first-order valence-electron chi connectivity index (χ1n) is 6.53. The van der Waals surface area contributed by atoms with Gasteiger partial charge >= 0.3 is 0 Å². The van der Waals surface area contributed by atoms with Crippen LogP contribution < -0.4 is 4.90 Å². The van der Waals surface area contributed by atoms with Gasteiger partial charge in [-0.15, -0.1) is 0 Å². The highest BCUT2D eigenvalue weighted by Gasteiger charge is 2.25. The van der Waals surface area contributed by atoms with Crippen molar-refractivity contribution >= 4 is 11.6 Å². The van der Waals surface area contributed by atoms with E-state index in [9.17, 15) is 4.79 Å². The molecule has 0 unspecified atom stereocenters. The Hall–Kier alpha value is -1.39. The summed E-state index contributed by atoms with van der Waals surface area (Å²) >= 11 is 0. The standard InChI is InChI=1S/C14H18N2O2/c17-14(11-15-7-9-18-10-8-15)16-6-5-12-3-1-2-4-13(12)16/h1-4H,5-11H2. The van der Waals surface area contributed by atoms with E-state index in [1.54, 1.807) is 0 Å². The molecule has 1 amide bonds. The molecule has 0 spiro atoms. The zero-order valence-electron chi connectivity index (χ0n) is 10.5. The number of hydrogen-bond acceptors (Lipinski definition) is 3. The Labute approximate surface area is 107 Å². The van der Waals surface area contributed by atoms with Crippen molar-refractivity contribution in [3.8, 4) is 0 Å². The number of anilines is 1. The molecule has 0 N–H and O–H groups in total. The maximum Gasteiger partial charge on any atom is 0.241 e. The zero-order valence-corrected chi connectivity index (χ0v) is 10.5. The average Bonchev–Trinajstić information content (AvgIpc) is 2.84. The molecule has 2 aliphatic rings. The summed E-state index contributed by atoms with van der Waals surface area (Å²) in [6.45, 7) is 4.54. The third-order valence-electron chi connectivity index (χ3n) is 3.65. The van der Waals surface area contributed by atoms with Gasteiger partial charge in [0.15, 0.2) is 0 Å². The van der Waals surface area contributed by atoms with Crippen LogP contribution in [0, 0.1) is 0 Å². The van der Waals surface area contributed by atoms with Crippen LogP contribution in [0.2, 0.25) is 0 Å². The van der Waals surface area contributed by atoms with Crippen LogP contribution in [0.25, 0.3) is 0 Å². The molecule has 1 saturated heterocycles. The predicted molar refractivity (Wildman–Crippen MR) is 69.8 cm³/mol. The fourth-order valence-corrected chi connectivity index (χ4v) is 2.63. The maximum atomic E-state index is 12.3. The van der Waals surface area contributed by atoms with Crippen molar-refractivity contribution in [1.29, 1.82) is 0 Å². The van der Waals surface area contributed by atoms with Gasteiger partial charge in [-0.25, -0.2) is 0 Å². The van der Waals surface area contributed by atoms with Crippen LogP contribution in [-0.2, 0) is 16.0 Å². The highest BCUT2D eigenvalue weighted by atomic mass is 16.5. The Bertz CT molecular complexity index is 441. The molecule has 0 saturated carbocycles. The fraction of sp³-hybridized carbons (Fsp3) is 0.500. The van der Waals surface area contributed by atoms with Crippen LogP contribution in [-0.4, -0.2) is 50.2 Å². The lowest BCUT2D eigenvalue weighted by molar-refractivity contribution is -0.120. The van der Waals surface area contributed by atoms with Crippen molar-refractivity contribution in [2.75, 3.05) is 44.3 Å². The number of fused-ring (bicyclic) bond motifs is 1. The summed E-state index contributed by atoms with van der Waals surface area (Å²) in [5, 5.41) is 0. The summed E-state index contributed by atoms with van der Waals surface area (Å²) in [6.07, 6.45) is 0.977. The van der Waals surface area contributed by atoms with E-state index in [-0.39, 0.29) is 5.91 Å². The number of hydrogen-bond donors (Lipinski definition) is 0. The smallest absolute Gasteiger partial charge is 0.241 e. The summed E-state index contributed by atoms with van der Waals surface area (Å²) in [5.74, 6) is 0.210. The van der Waals surface area contributed by atoms with E-state index in [4.69, 9.17) is 4.74 Å². The first kappa shape index (κ1) is 11.7. The Morgan fingerprint density at radius 3 is 2.78 bits per heavy atom. The van der Waals surface area contributed by atoms with E-state index >= 15 is 0 Å². The SMILES string of the molecule is O=C(CN1CCOCC1)N1CCc2ccccc21. The lowest BCUT2D eigenvalue weighted by atomic mass is 10.2. The van der Waals surface area contributed by atoms with Gasteiger partial charge in [-0.2, -0.15) is 0 Å². The monoisotopic (exact) mass is 246 g/mol. The molecule has 4 heteroatoms. The summed E-state index contributed by atoms with van der Waals surface area (Å²) in [5.41, 5.74) is 2.38. The number of nitrogens with zero attached hydrogens (tertiary/aromatic N) is 2. The third kappa shape index (κ3) is 2.26. The normalized spacial score (nSPS) is 19.9. The molecule has 96 valence electrons. The van der Waals surface area contributed by atoms with Crippen LogP contribution in [0.5, 0.6) is 0 Å². The van der Waals surface area contributed by atoms with Crippen molar-refractivity contribution in [2.24, 2.45) is 0 Å². The number of rotatable bonds is 2. The summed E-state index contributed by atoms with van der Waals surface area (Å²) < 4.78 is 5.30. The van der Waals surface area contributed by atoms with E-state index in [2.05, 4.69) is 11.0 Å². The van der Waals surface area contributed by atoms with E-state index in [0.717, 1.165) is 45.0 Å². The minimum absolute atomic E-state index is 0.210. The van der Waals surface area contributed by atoms with Crippen molar-refractivity contribution in [3.05, 3.63) is 29.8 Å². The van der Waals surface area contributed by atoms with Gasteiger partial charge in [0.25, 0.3) is 0 Å². The number of morpholine rings is 1. The molecular weight excluding hydrogens is 228 g/mol. The molecule has 0 atom stereocenters. The van der Waals surface area contributed by atoms with Gasteiger partial charge in [0, 0.05) is 25.3 Å². The van der Waals surface area contributed by atoms with Crippen molar-refractivity contribution in [1.82, 2.24) is 4.90 Å². The van der Waals surface area contributed by atoms with Gasteiger partial charge in [0.05, 0.1) is 19.8 Å². The van der Waals surface area contributed by atoms with Crippen LogP contribution in [0.1, 0.15) is 5.56 Å². The molecule has 0 aliphatic carbocycles. The first-order chi connectivity index (χ1) is 8.84. The maximum absolute atomic E-state index is 12.3. The van der Waals surface area contributed by atoms with Crippen molar-refractivity contribution in [3.63, 3.8) is 0 Å². The second kappa shape index (κ2) is 5.08. The molecule has 4 nitrogen and oxygen atoms in total. The van der Waals surface area contributed by atoms with Gasteiger partial charge in [-0.1, -0.05) is 18.2 Å². The number of amides is 1. The number of carbonyl (C=O) groups excluding carboxylic acids is 1. The molecule has 0 aromatic heterocycles. The number of benzene rings is 1. The second-order valence-corrected chi connectivity index (χ2v) is 4.81.